The summed E-state index contributed by atoms with van der Waals surface area (Å²) < 4.78 is 5.41. The molecule has 0 aromatic heterocycles. The van der Waals surface area contributed by atoms with Crippen LogP contribution in [0.1, 0.15) is 25.7 Å². The second-order valence-electron chi connectivity index (χ2n) is 5.08. The number of carbonyl (C=O) groups is 2. The van der Waals surface area contributed by atoms with E-state index in [2.05, 4.69) is 0 Å². The van der Waals surface area contributed by atoms with E-state index in [0.29, 0.717) is 6.61 Å². The number of fused-ring (bicyclic) bond motifs is 1. The molecule has 0 aliphatic carbocycles. The Hall–Kier alpha value is -1.10. The van der Waals surface area contributed by atoms with Crippen LogP contribution in [0.15, 0.2) is 0 Å². The van der Waals surface area contributed by atoms with E-state index in [1.54, 1.807) is 9.80 Å². The van der Waals surface area contributed by atoms with Crippen LogP contribution < -0.4 is 0 Å². The number of hydrogen-bond acceptors (Lipinski definition) is 3. The zero-order valence-corrected chi connectivity index (χ0v) is 9.93. The average molecular weight is 238 g/mol. The molecule has 2 unspecified atom stereocenters. The second-order valence-corrected chi connectivity index (χ2v) is 5.08. The van der Waals surface area contributed by atoms with Gasteiger partial charge in [-0.2, -0.15) is 0 Å². The summed E-state index contributed by atoms with van der Waals surface area (Å²) in [6, 6.07) is -0.0684. The lowest BCUT2D eigenvalue weighted by atomic mass is 10.0. The Kier molecular flexibility index (Phi) is 2.78. The predicted molar refractivity (Wildman–Crippen MR) is 60.3 cm³/mol. The molecule has 3 saturated heterocycles. The third kappa shape index (κ3) is 1.82. The molecule has 0 bridgehead atoms. The van der Waals surface area contributed by atoms with Crippen molar-refractivity contribution in [3.8, 4) is 0 Å². The molecule has 5 heteroatoms. The fraction of sp³-hybridized carbons (Fsp3) is 0.833. The quantitative estimate of drug-likeness (QED) is 0.646. The van der Waals surface area contributed by atoms with Gasteiger partial charge in [0.25, 0.3) is 0 Å². The number of rotatable bonds is 1. The third-order valence-corrected chi connectivity index (χ3v) is 4.02. The first-order valence-corrected chi connectivity index (χ1v) is 6.45. The minimum Gasteiger partial charge on any atom is -0.379 e. The lowest BCUT2D eigenvalue weighted by Crippen LogP contribution is -2.61. The summed E-state index contributed by atoms with van der Waals surface area (Å²) in [4.78, 5) is 27.8. The molecule has 17 heavy (non-hydrogen) atoms. The van der Waals surface area contributed by atoms with Gasteiger partial charge in [0.15, 0.2) is 0 Å². The normalized spacial score (nSPS) is 34.1. The molecule has 3 fully saturated rings. The number of nitrogens with zero attached hydrogens (tertiary/aromatic N) is 2. The van der Waals surface area contributed by atoms with Gasteiger partial charge >= 0.3 is 0 Å². The molecule has 94 valence electrons. The van der Waals surface area contributed by atoms with Crippen molar-refractivity contribution >= 4 is 11.8 Å². The van der Waals surface area contributed by atoms with Crippen molar-refractivity contribution < 1.29 is 14.3 Å². The SMILES string of the molecule is O=C1C2CCCN2C(=O)CN1C1CCCOC1. The summed E-state index contributed by atoms with van der Waals surface area (Å²) >= 11 is 0. The van der Waals surface area contributed by atoms with E-state index in [-0.39, 0.29) is 30.4 Å². The van der Waals surface area contributed by atoms with Gasteiger partial charge in [0.1, 0.15) is 12.6 Å². The lowest BCUT2D eigenvalue weighted by Gasteiger charge is -2.41. The number of ether oxygens (including phenoxy) is 1. The summed E-state index contributed by atoms with van der Waals surface area (Å²) in [5.41, 5.74) is 0. The Morgan fingerprint density at radius 1 is 1.12 bits per heavy atom. The van der Waals surface area contributed by atoms with Crippen LogP contribution in [-0.2, 0) is 14.3 Å². The molecule has 0 saturated carbocycles. The molecule has 3 aliphatic heterocycles. The molecule has 0 aromatic rings. The summed E-state index contributed by atoms with van der Waals surface area (Å²) in [6.45, 7) is 2.38. The second kappa shape index (κ2) is 4.29. The molecular weight excluding hydrogens is 220 g/mol. The van der Waals surface area contributed by atoms with Gasteiger partial charge in [-0.3, -0.25) is 9.59 Å². The highest BCUT2D eigenvalue weighted by atomic mass is 16.5. The summed E-state index contributed by atoms with van der Waals surface area (Å²) in [5, 5.41) is 0. The van der Waals surface area contributed by atoms with Crippen LogP contribution >= 0.6 is 0 Å². The highest BCUT2D eigenvalue weighted by Gasteiger charge is 2.44. The monoisotopic (exact) mass is 238 g/mol. The van der Waals surface area contributed by atoms with Crippen LogP contribution in [0.3, 0.4) is 0 Å². The average Bonchev–Trinajstić information content (AvgIpc) is 2.85. The van der Waals surface area contributed by atoms with Gasteiger partial charge in [-0.15, -0.1) is 0 Å². The van der Waals surface area contributed by atoms with Crippen LogP contribution in [0.4, 0.5) is 0 Å². The third-order valence-electron chi connectivity index (χ3n) is 4.02. The van der Waals surface area contributed by atoms with Gasteiger partial charge in [0, 0.05) is 13.2 Å². The van der Waals surface area contributed by atoms with Crippen LogP contribution in [-0.4, -0.2) is 60.0 Å². The highest BCUT2D eigenvalue weighted by molar-refractivity contribution is 5.95. The first-order chi connectivity index (χ1) is 8.27. The van der Waals surface area contributed by atoms with E-state index in [4.69, 9.17) is 4.74 Å². The summed E-state index contributed by atoms with van der Waals surface area (Å²) in [6.07, 6.45) is 3.73. The summed E-state index contributed by atoms with van der Waals surface area (Å²) in [5.74, 6) is 0.246. The lowest BCUT2D eigenvalue weighted by molar-refractivity contribution is -0.158. The van der Waals surface area contributed by atoms with E-state index < -0.39 is 0 Å². The van der Waals surface area contributed by atoms with Gasteiger partial charge in [-0.1, -0.05) is 0 Å². The fourth-order valence-electron chi connectivity index (χ4n) is 3.11. The van der Waals surface area contributed by atoms with E-state index in [1.807, 2.05) is 0 Å². The van der Waals surface area contributed by atoms with Gasteiger partial charge in [0.05, 0.1) is 12.6 Å². The number of carbonyl (C=O) groups excluding carboxylic acids is 2. The molecule has 2 amide bonds. The fourth-order valence-corrected chi connectivity index (χ4v) is 3.11. The number of amides is 2. The van der Waals surface area contributed by atoms with Gasteiger partial charge < -0.3 is 14.5 Å². The van der Waals surface area contributed by atoms with Crippen molar-refractivity contribution in [2.24, 2.45) is 0 Å². The Morgan fingerprint density at radius 2 is 2.00 bits per heavy atom. The van der Waals surface area contributed by atoms with Gasteiger partial charge in [-0.05, 0) is 25.7 Å². The van der Waals surface area contributed by atoms with Gasteiger partial charge in [-0.25, -0.2) is 0 Å². The molecular formula is C12H18N2O3. The molecule has 0 radical (unpaired) electrons. The number of hydrogen-bond donors (Lipinski definition) is 0. The molecule has 3 heterocycles. The first-order valence-electron chi connectivity index (χ1n) is 6.45. The minimum atomic E-state index is -0.182. The Balaban J connectivity index is 1.76. The molecule has 5 nitrogen and oxygen atoms in total. The maximum atomic E-state index is 12.3. The maximum Gasteiger partial charge on any atom is 0.246 e. The van der Waals surface area contributed by atoms with E-state index in [9.17, 15) is 9.59 Å². The van der Waals surface area contributed by atoms with Crippen molar-refractivity contribution in [2.45, 2.75) is 37.8 Å². The molecule has 3 rings (SSSR count). The maximum absolute atomic E-state index is 12.3. The molecule has 0 N–H and O–H groups in total. The van der Waals surface area contributed by atoms with Crippen molar-refractivity contribution in [3.05, 3.63) is 0 Å². The Morgan fingerprint density at radius 3 is 2.76 bits per heavy atom. The molecule has 0 aromatic carbocycles. The molecule has 2 atom stereocenters. The number of piperazine rings is 1. The van der Waals surface area contributed by atoms with Crippen molar-refractivity contribution in [2.75, 3.05) is 26.3 Å². The zero-order valence-electron chi connectivity index (χ0n) is 9.93. The highest BCUT2D eigenvalue weighted by Crippen LogP contribution is 2.26. The standard InChI is InChI=1S/C12H18N2O3/c15-11-7-14(9-3-2-6-17-8-9)12(16)10-4-1-5-13(10)11/h9-10H,1-8H2. The van der Waals surface area contributed by atoms with E-state index >= 15 is 0 Å². The van der Waals surface area contributed by atoms with Crippen LogP contribution in [0, 0.1) is 0 Å². The van der Waals surface area contributed by atoms with Gasteiger partial charge in [0.2, 0.25) is 11.8 Å². The van der Waals surface area contributed by atoms with Crippen LogP contribution in [0.5, 0.6) is 0 Å². The summed E-state index contributed by atoms with van der Waals surface area (Å²) in [7, 11) is 0. The largest absolute Gasteiger partial charge is 0.379 e. The minimum absolute atomic E-state index is 0.109. The molecule has 0 spiro atoms. The zero-order chi connectivity index (χ0) is 11.8. The predicted octanol–water partition coefficient (Wildman–Crippen LogP) is -0.00140. The van der Waals surface area contributed by atoms with Crippen molar-refractivity contribution in [1.82, 2.24) is 9.80 Å². The first kappa shape index (κ1) is 11.0. The van der Waals surface area contributed by atoms with Crippen LogP contribution in [0.2, 0.25) is 0 Å². The topological polar surface area (TPSA) is 49.9 Å². The van der Waals surface area contributed by atoms with E-state index in [0.717, 1.165) is 38.8 Å². The van der Waals surface area contributed by atoms with E-state index in [1.165, 1.54) is 0 Å². The van der Waals surface area contributed by atoms with Crippen LogP contribution in [0.25, 0.3) is 0 Å². The smallest absolute Gasteiger partial charge is 0.246 e. The van der Waals surface area contributed by atoms with Crippen molar-refractivity contribution in [1.29, 1.82) is 0 Å². The Labute approximate surface area is 101 Å². The van der Waals surface area contributed by atoms with Crippen molar-refractivity contribution in [3.63, 3.8) is 0 Å². The Bertz CT molecular complexity index is 339. The molecule has 3 aliphatic rings.